The largest absolute Gasteiger partial charge is 0.417 e. The van der Waals surface area contributed by atoms with Gasteiger partial charge in [0.05, 0.1) is 17.8 Å². The maximum absolute atomic E-state index is 13.4. The Labute approximate surface area is 247 Å². The fourth-order valence-corrected chi connectivity index (χ4v) is 7.95. The third kappa shape index (κ3) is 7.68. The molecule has 1 N–H and O–H groups in total. The molecule has 0 spiro atoms. The van der Waals surface area contributed by atoms with Crippen LogP contribution in [0.4, 0.5) is 19.0 Å². The quantitative estimate of drug-likeness (QED) is 0.245. The van der Waals surface area contributed by atoms with E-state index >= 15 is 0 Å². The van der Waals surface area contributed by atoms with Gasteiger partial charge in [-0.2, -0.15) is 13.2 Å². The first-order valence-electron chi connectivity index (χ1n) is 14.6. The van der Waals surface area contributed by atoms with Crippen molar-refractivity contribution < 1.29 is 22.0 Å². The van der Waals surface area contributed by atoms with Crippen molar-refractivity contribution in [3.8, 4) is 0 Å². The summed E-state index contributed by atoms with van der Waals surface area (Å²) in [7, 11) is -4.51. The van der Waals surface area contributed by atoms with Crippen molar-refractivity contribution in [2.24, 2.45) is 0 Å². The van der Waals surface area contributed by atoms with E-state index in [4.69, 9.17) is 21.1 Å². The van der Waals surface area contributed by atoms with E-state index in [1.165, 1.54) is 12.5 Å². The van der Waals surface area contributed by atoms with E-state index in [0.717, 1.165) is 37.9 Å². The van der Waals surface area contributed by atoms with Gasteiger partial charge in [0.15, 0.2) is 16.6 Å². The number of pyridine rings is 1. The molecular weight excluding hydrogens is 568 g/mol. The molecule has 3 rings (SSSR count). The highest BCUT2D eigenvalue weighted by Gasteiger charge is 2.53. The fraction of sp³-hybridized carbons (Fsp3) is 0.793. The van der Waals surface area contributed by atoms with Crippen molar-refractivity contribution in [3.63, 3.8) is 0 Å². The summed E-state index contributed by atoms with van der Waals surface area (Å²) < 4.78 is 54.3. The van der Waals surface area contributed by atoms with E-state index < -0.39 is 34.4 Å². The predicted octanol–water partition coefficient (Wildman–Crippen LogP) is 8.32. The van der Waals surface area contributed by atoms with Gasteiger partial charge in [-0.1, -0.05) is 73.0 Å². The summed E-state index contributed by atoms with van der Waals surface area (Å²) in [4.78, 5) is 6.98. The Balaban J connectivity index is 2.08. The number of thiocarbonyl (C=S) groups is 1. The average molecular weight is 618 g/mol. The summed E-state index contributed by atoms with van der Waals surface area (Å²) in [6, 6.07) is 2.45. The minimum Gasteiger partial charge on any atom is -0.409 e. The van der Waals surface area contributed by atoms with E-state index in [0.29, 0.717) is 17.4 Å². The third-order valence-electron chi connectivity index (χ3n) is 9.47. The van der Waals surface area contributed by atoms with Gasteiger partial charge in [0, 0.05) is 18.8 Å². The summed E-state index contributed by atoms with van der Waals surface area (Å²) in [5.74, 6) is 0.455. The Hall–Kier alpha value is -1.02. The lowest BCUT2D eigenvalue weighted by atomic mass is 9.95. The number of nitrogens with zero attached hydrogens (tertiary/aromatic N) is 2. The van der Waals surface area contributed by atoms with Crippen molar-refractivity contribution in [2.75, 3.05) is 11.4 Å². The van der Waals surface area contributed by atoms with Gasteiger partial charge in [-0.25, -0.2) is 4.98 Å². The van der Waals surface area contributed by atoms with Gasteiger partial charge < -0.3 is 19.1 Å². The number of anilines is 1. The summed E-state index contributed by atoms with van der Waals surface area (Å²) in [5, 5.41) is 3.57. The van der Waals surface area contributed by atoms with Crippen LogP contribution in [-0.4, -0.2) is 57.4 Å². The summed E-state index contributed by atoms with van der Waals surface area (Å²) in [6.45, 7) is 22.6. The van der Waals surface area contributed by atoms with Crippen molar-refractivity contribution in [1.29, 1.82) is 0 Å². The van der Waals surface area contributed by atoms with Crippen molar-refractivity contribution >= 4 is 39.7 Å². The molecular formula is C29H50F3N3O2SSi2. The molecule has 0 radical (unpaired) electrons. The maximum Gasteiger partial charge on any atom is 0.417 e. The van der Waals surface area contributed by atoms with Crippen LogP contribution in [0.3, 0.4) is 0 Å². The van der Waals surface area contributed by atoms with E-state index in [9.17, 15) is 13.2 Å². The topological polar surface area (TPSA) is 46.6 Å². The number of halogens is 3. The smallest absolute Gasteiger partial charge is 0.409 e. The first kappa shape index (κ1) is 33.5. The zero-order valence-electron chi connectivity index (χ0n) is 26.0. The highest BCUT2D eigenvalue weighted by molar-refractivity contribution is 7.80. The van der Waals surface area contributed by atoms with Crippen molar-refractivity contribution in [2.45, 2.75) is 140 Å². The molecule has 1 aliphatic heterocycles. The van der Waals surface area contributed by atoms with Crippen molar-refractivity contribution in [1.82, 2.24) is 10.3 Å². The molecule has 1 aromatic rings. The number of hydrogen-bond acceptors (Lipinski definition) is 5. The third-order valence-corrected chi connectivity index (χ3v) is 18.8. The Morgan fingerprint density at radius 1 is 0.925 bits per heavy atom. The molecule has 3 atom stereocenters. The van der Waals surface area contributed by atoms with Gasteiger partial charge >= 0.3 is 6.18 Å². The molecule has 1 saturated carbocycles. The molecule has 11 heteroatoms. The SMILES string of the molecule is CC(C)(C)[Si](C)(C)OC1CN(c2ccc(C(F)(F)F)cn2)C(C(=S)NC2CCCCC2)C1O[Si](C)(C)C(C)(C)C. The highest BCUT2D eigenvalue weighted by atomic mass is 32.1. The minimum atomic E-state index is -4.45. The van der Waals surface area contributed by atoms with Crippen LogP contribution in [0.1, 0.15) is 79.2 Å². The Kier molecular flexibility index (Phi) is 9.99. The molecule has 40 heavy (non-hydrogen) atoms. The molecule has 1 saturated heterocycles. The Bertz CT molecular complexity index is 1020. The summed E-state index contributed by atoms with van der Waals surface area (Å²) >= 11 is 6.11. The fourth-order valence-electron chi connectivity index (χ4n) is 4.89. The molecule has 0 aromatic carbocycles. The van der Waals surface area contributed by atoms with Crippen LogP contribution in [0.5, 0.6) is 0 Å². The molecule has 1 aromatic heterocycles. The van der Waals surface area contributed by atoms with Crippen LogP contribution in [0.2, 0.25) is 36.3 Å². The second-order valence-corrected chi connectivity index (χ2v) is 24.6. The molecule has 228 valence electrons. The molecule has 3 unspecified atom stereocenters. The average Bonchev–Trinajstić information content (AvgIpc) is 3.14. The number of alkyl halides is 3. The van der Waals surface area contributed by atoms with Crippen LogP contribution in [0.25, 0.3) is 0 Å². The molecule has 0 amide bonds. The second-order valence-electron chi connectivity index (χ2n) is 14.6. The lowest BCUT2D eigenvalue weighted by molar-refractivity contribution is -0.137. The monoisotopic (exact) mass is 617 g/mol. The first-order valence-corrected chi connectivity index (χ1v) is 20.8. The van der Waals surface area contributed by atoms with Gasteiger partial charge in [0.25, 0.3) is 0 Å². The van der Waals surface area contributed by atoms with Crippen LogP contribution in [-0.2, 0) is 15.0 Å². The maximum atomic E-state index is 13.4. The molecule has 2 heterocycles. The normalized spacial score (nSPS) is 23.9. The number of rotatable bonds is 7. The molecule has 2 aliphatic rings. The van der Waals surface area contributed by atoms with Crippen LogP contribution in [0.15, 0.2) is 18.3 Å². The first-order chi connectivity index (χ1) is 18.1. The van der Waals surface area contributed by atoms with Gasteiger partial charge in [-0.05, 0) is 61.2 Å². The highest BCUT2D eigenvalue weighted by Crippen LogP contribution is 2.44. The number of aromatic nitrogens is 1. The predicted molar refractivity (Wildman–Crippen MR) is 167 cm³/mol. The van der Waals surface area contributed by atoms with Crippen LogP contribution < -0.4 is 10.2 Å². The van der Waals surface area contributed by atoms with Crippen LogP contribution >= 0.6 is 12.2 Å². The minimum absolute atomic E-state index is 0.0229. The molecule has 5 nitrogen and oxygen atoms in total. The number of hydrogen-bond donors (Lipinski definition) is 1. The molecule has 2 fully saturated rings. The van der Waals surface area contributed by atoms with Gasteiger partial charge in [-0.15, -0.1) is 0 Å². The lowest BCUT2D eigenvalue weighted by Crippen LogP contribution is -2.57. The van der Waals surface area contributed by atoms with Gasteiger partial charge in [0.1, 0.15) is 16.8 Å². The van der Waals surface area contributed by atoms with E-state index in [2.05, 4.69) is 78.0 Å². The van der Waals surface area contributed by atoms with Crippen LogP contribution in [0, 0.1) is 0 Å². The zero-order valence-corrected chi connectivity index (χ0v) is 28.9. The van der Waals surface area contributed by atoms with E-state index in [1.807, 2.05) is 4.90 Å². The van der Waals surface area contributed by atoms with E-state index in [-0.39, 0.29) is 28.3 Å². The van der Waals surface area contributed by atoms with Gasteiger partial charge in [0.2, 0.25) is 0 Å². The van der Waals surface area contributed by atoms with Gasteiger partial charge in [-0.3, -0.25) is 0 Å². The number of nitrogens with one attached hydrogen (secondary N) is 1. The second kappa shape index (κ2) is 11.9. The Morgan fingerprint density at radius 3 is 1.95 bits per heavy atom. The Morgan fingerprint density at radius 2 is 1.48 bits per heavy atom. The summed E-state index contributed by atoms with van der Waals surface area (Å²) in [5.41, 5.74) is -0.766. The summed E-state index contributed by atoms with van der Waals surface area (Å²) in [6.07, 6.45) is 1.47. The lowest BCUT2D eigenvalue weighted by Gasteiger charge is -2.44. The van der Waals surface area contributed by atoms with Crippen molar-refractivity contribution in [3.05, 3.63) is 23.9 Å². The molecule has 1 aliphatic carbocycles. The zero-order chi connectivity index (χ0) is 30.3. The van der Waals surface area contributed by atoms with E-state index in [1.54, 1.807) is 0 Å². The molecule has 0 bridgehead atoms. The standard InChI is InChI=1S/C29H50F3N3O2SSi2/c1-27(2,3)39(7,8)36-22-19-35(23-17-16-20(18-33-23)29(30,31)32)24(25(22)37-40(9,10)28(4,5)6)26(38)34-21-14-12-11-13-15-21/h16-18,21-22,24-25H,11-15,19H2,1-10H3,(H,34,38).